The molecule has 0 aliphatic carbocycles. The van der Waals surface area contributed by atoms with Gasteiger partial charge in [-0.15, -0.1) is 0 Å². The molecule has 0 spiro atoms. The zero-order chi connectivity index (χ0) is 18.4. The molecule has 2 aliphatic heterocycles. The van der Waals surface area contributed by atoms with E-state index < -0.39 is 0 Å². The van der Waals surface area contributed by atoms with Crippen LogP contribution >= 0.6 is 0 Å². The van der Waals surface area contributed by atoms with E-state index in [1.54, 1.807) is 6.20 Å². The molecule has 0 saturated carbocycles. The van der Waals surface area contributed by atoms with Crippen LogP contribution in [0.15, 0.2) is 24.5 Å². The van der Waals surface area contributed by atoms with Crippen molar-refractivity contribution < 1.29 is 9.53 Å². The highest BCUT2D eigenvalue weighted by Crippen LogP contribution is 2.24. The number of hydrogen-bond acceptors (Lipinski definition) is 4. The molecule has 3 heterocycles. The SMILES string of the molecule is CC(C)N1CCC(CC(=O)N2CCC(OCc3cccnc3)CC2)CC1. The van der Waals surface area contributed by atoms with Crippen molar-refractivity contribution >= 4 is 5.91 Å². The van der Waals surface area contributed by atoms with Gasteiger partial charge in [0.1, 0.15) is 0 Å². The van der Waals surface area contributed by atoms with Crippen LogP contribution in [-0.4, -0.2) is 59.0 Å². The zero-order valence-electron chi connectivity index (χ0n) is 16.3. The van der Waals surface area contributed by atoms with Gasteiger partial charge in [0, 0.05) is 37.9 Å². The average molecular weight is 360 g/mol. The number of ether oxygens (including phenoxy) is 1. The fourth-order valence-electron chi connectivity index (χ4n) is 4.02. The van der Waals surface area contributed by atoms with Crippen molar-refractivity contribution in [3.63, 3.8) is 0 Å². The van der Waals surface area contributed by atoms with Crippen molar-refractivity contribution in [2.45, 2.75) is 64.7 Å². The average Bonchev–Trinajstić information content (AvgIpc) is 2.68. The summed E-state index contributed by atoms with van der Waals surface area (Å²) in [6.45, 7) is 9.07. The topological polar surface area (TPSA) is 45.7 Å². The molecule has 2 aliphatic rings. The first kappa shape index (κ1) is 19.3. The van der Waals surface area contributed by atoms with Gasteiger partial charge in [-0.1, -0.05) is 6.07 Å². The minimum atomic E-state index is 0.258. The lowest BCUT2D eigenvalue weighted by Gasteiger charge is -2.36. The molecule has 1 amide bonds. The van der Waals surface area contributed by atoms with Crippen LogP contribution in [0.2, 0.25) is 0 Å². The molecule has 0 atom stereocenters. The standard InChI is InChI=1S/C21H33N3O2/c1-17(2)23-10-5-18(6-11-23)14-21(25)24-12-7-20(8-13-24)26-16-19-4-3-9-22-15-19/h3-4,9,15,17-18,20H,5-8,10-14,16H2,1-2H3. The second-order valence-corrected chi connectivity index (χ2v) is 8.03. The Kier molecular flexibility index (Phi) is 7.03. The van der Waals surface area contributed by atoms with E-state index in [1.807, 2.05) is 18.3 Å². The van der Waals surface area contributed by atoms with Gasteiger partial charge in [0.05, 0.1) is 12.7 Å². The monoisotopic (exact) mass is 359 g/mol. The molecule has 1 aromatic rings. The predicted octanol–water partition coefficient (Wildman–Crippen LogP) is 3.10. The van der Waals surface area contributed by atoms with Crippen molar-refractivity contribution in [2.75, 3.05) is 26.2 Å². The fourth-order valence-corrected chi connectivity index (χ4v) is 4.02. The molecular weight excluding hydrogens is 326 g/mol. The summed E-state index contributed by atoms with van der Waals surface area (Å²) in [6, 6.07) is 4.60. The number of pyridine rings is 1. The summed E-state index contributed by atoms with van der Waals surface area (Å²) in [4.78, 5) is 21.3. The van der Waals surface area contributed by atoms with Gasteiger partial charge in [-0.25, -0.2) is 0 Å². The first-order valence-electron chi connectivity index (χ1n) is 10.1. The number of amides is 1. The van der Waals surface area contributed by atoms with Crippen LogP contribution in [-0.2, 0) is 16.1 Å². The summed E-state index contributed by atoms with van der Waals surface area (Å²) in [7, 11) is 0. The Labute approximate surface area is 157 Å². The Morgan fingerprint density at radius 1 is 1.19 bits per heavy atom. The van der Waals surface area contributed by atoms with Crippen molar-refractivity contribution in [1.82, 2.24) is 14.8 Å². The molecule has 26 heavy (non-hydrogen) atoms. The molecule has 0 N–H and O–H groups in total. The van der Waals surface area contributed by atoms with Crippen molar-refractivity contribution in [1.29, 1.82) is 0 Å². The molecular formula is C21H33N3O2. The minimum absolute atomic E-state index is 0.258. The van der Waals surface area contributed by atoms with Crippen molar-refractivity contribution in [2.24, 2.45) is 5.92 Å². The van der Waals surface area contributed by atoms with Gasteiger partial charge in [0.15, 0.2) is 0 Å². The smallest absolute Gasteiger partial charge is 0.222 e. The maximum absolute atomic E-state index is 12.6. The van der Waals surface area contributed by atoms with E-state index in [0.717, 1.165) is 63.8 Å². The number of rotatable bonds is 6. The van der Waals surface area contributed by atoms with Gasteiger partial charge in [-0.05, 0) is 70.2 Å². The summed E-state index contributed by atoms with van der Waals surface area (Å²) in [6.07, 6.45) is 8.82. The van der Waals surface area contributed by atoms with E-state index >= 15 is 0 Å². The fraction of sp³-hybridized carbons (Fsp3) is 0.714. The minimum Gasteiger partial charge on any atom is -0.373 e. The third-order valence-corrected chi connectivity index (χ3v) is 5.85. The summed E-state index contributed by atoms with van der Waals surface area (Å²) in [5.74, 6) is 0.913. The summed E-state index contributed by atoms with van der Waals surface area (Å²) >= 11 is 0. The van der Waals surface area contributed by atoms with E-state index in [9.17, 15) is 4.79 Å². The Balaban J connectivity index is 1.35. The lowest BCUT2D eigenvalue weighted by atomic mass is 9.92. The maximum Gasteiger partial charge on any atom is 0.222 e. The van der Waals surface area contributed by atoms with Crippen molar-refractivity contribution in [3.05, 3.63) is 30.1 Å². The number of carbonyl (C=O) groups is 1. The highest BCUT2D eigenvalue weighted by Gasteiger charge is 2.27. The molecule has 3 rings (SSSR count). The van der Waals surface area contributed by atoms with Crippen LogP contribution in [0.5, 0.6) is 0 Å². The maximum atomic E-state index is 12.6. The molecule has 2 saturated heterocycles. The normalized spacial score (nSPS) is 20.7. The van der Waals surface area contributed by atoms with Gasteiger partial charge in [0.25, 0.3) is 0 Å². The number of aromatic nitrogens is 1. The van der Waals surface area contributed by atoms with Crippen LogP contribution in [0.25, 0.3) is 0 Å². The molecule has 0 unspecified atom stereocenters. The lowest BCUT2D eigenvalue weighted by Crippen LogP contribution is -2.43. The second-order valence-electron chi connectivity index (χ2n) is 8.03. The van der Waals surface area contributed by atoms with E-state index in [-0.39, 0.29) is 6.10 Å². The number of hydrogen-bond donors (Lipinski definition) is 0. The molecule has 0 aromatic carbocycles. The van der Waals surface area contributed by atoms with Gasteiger partial charge in [-0.3, -0.25) is 9.78 Å². The predicted molar refractivity (Wildman–Crippen MR) is 103 cm³/mol. The molecule has 0 bridgehead atoms. The van der Waals surface area contributed by atoms with Gasteiger partial charge >= 0.3 is 0 Å². The zero-order valence-corrected chi connectivity index (χ0v) is 16.3. The summed E-state index contributed by atoms with van der Waals surface area (Å²) in [5.41, 5.74) is 1.11. The molecule has 5 nitrogen and oxygen atoms in total. The second kappa shape index (κ2) is 9.47. The lowest BCUT2D eigenvalue weighted by molar-refractivity contribution is -0.135. The van der Waals surface area contributed by atoms with Gasteiger partial charge in [0.2, 0.25) is 5.91 Å². The number of piperidine rings is 2. The first-order valence-corrected chi connectivity index (χ1v) is 10.1. The van der Waals surface area contributed by atoms with Crippen LogP contribution in [0.3, 0.4) is 0 Å². The summed E-state index contributed by atoms with van der Waals surface area (Å²) < 4.78 is 6.00. The van der Waals surface area contributed by atoms with Crippen LogP contribution in [0.1, 0.15) is 51.5 Å². The highest BCUT2D eigenvalue weighted by atomic mass is 16.5. The molecule has 1 aromatic heterocycles. The first-order chi connectivity index (χ1) is 12.6. The van der Waals surface area contributed by atoms with Gasteiger partial charge < -0.3 is 14.5 Å². The Morgan fingerprint density at radius 2 is 1.92 bits per heavy atom. The van der Waals surface area contributed by atoms with E-state index in [1.165, 1.54) is 0 Å². The third kappa shape index (κ3) is 5.52. The van der Waals surface area contributed by atoms with E-state index in [2.05, 4.69) is 28.6 Å². The van der Waals surface area contributed by atoms with Crippen molar-refractivity contribution in [3.8, 4) is 0 Å². The summed E-state index contributed by atoms with van der Waals surface area (Å²) in [5, 5.41) is 0. The Morgan fingerprint density at radius 3 is 2.54 bits per heavy atom. The third-order valence-electron chi connectivity index (χ3n) is 5.85. The van der Waals surface area contributed by atoms with Crippen LogP contribution in [0, 0.1) is 5.92 Å². The highest BCUT2D eigenvalue weighted by molar-refractivity contribution is 5.76. The van der Waals surface area contributed by atoms with E-state index in [0.29, 0.717) is 24.5 Å². The number of carbonyl (C=O) groups excluding carboxylic acids is 1. The number of likely N-dealkylation sites (tertiary alicyclic amines) is 2. The quantitative estimate of drug-likeness (QED) is 0.783. The molecule has 2 fully saturated rings. The Hall–Kier alpha value is -1.46. The van der Waals surface area contributed by atoms with Crippen LogP contribution in [0.4, 0.5) is 0 Å². The molecule has 144 valence electrons. The largest absolute Gasteiger partial charge is 0.373 e. The van der Waals surface area contributed by atoms with Crippen LogP contribution < -0.4 is 0 Å². The molecule has 5 heteroatoms. The Bertz CT molecular complexity index is 548. The van der Waals surface area contributed by atoms with E-state index in [4.69, 9.17) is 4.74 Å². The van der Waals surface area contributed by atoms with Gasteiger partial charge in [-0.2, -0.15) is 0 Å². The molecule has 0 radical (unpaired) electrons. The number of nitrogens with zero attached hydrogens (tertiary/aromatic N) is 3.